The van der Waals surface area contributed by atoms with E-state index in [1.807, 2.05) is 31.2 Å². The fraction of sp³-hybridized carbons (Fsp3) is 0.562. The van der Waals surface area contributed by atoms with E-state index in [-0.39, 0.29) is 5.78 Å². The number of Topliss-reactive ketones (excluding diaryl/α,β-unsaturated/α-hetero) is 1. The van der Waals surface area contributed by atoms with Gasteiger partial charge in [0, 0.05) is 31.7 Å². The van der Waals surface area contributed by atoms with Gasteiger partial charge in [-0.05, 0) is 25.5 Å². The Hall–Kier alpha value is -1.19. The van der Waals surface area contributed by atoms with Crippen molar-refractivity contribution in [3.8, 4) is 0 Å². The van der Waals surface area contributed by atoms with Crippen LogP contribution in [-0.4, -0.2) is 54.9 Å². The molecule has 1 aliphatic heterocycles. The second-order valence-electron chi connectivity index (χ2n) is 5.36. The highest BCUT2D eigenvalue weighted by atomic mass is 16.1. The van der Waals surface area contributed by atoms with Gasteiger partial charge in [-0.1, -0.05) is 31.2 Å². The summed E-state index contributed by atoms with van der Waals surface area (Å²) in [6, 6.07) is 7.87. The minimum absolute atomic E-state index is 0.252. The van der Waals surface area contributed by atoms with Gasteiger partial charge in [0.05, 0.1) is 6.54 Å². The van der Waals surface area contributed by atoms with E-state index in [0.717, 1.165) is 37.3 Å². The summed E-state index contributed by atoms with van der Waals surface area (Å²) in [5.41, 5.74) is 1.95. The minimum atomic E-state index is 0.252. The molecule has 1 saturated heterocycles. The summed E-state index contributed by atoms with van der Waals surface area (Å²) in [4.78, 5) is 17.0. The Balaban J connectivity index is 1.86. The molecule has 0 bridgehead atoms. The number of rotatable bonds is 5. The Morgan fingerprint density at radius 1 is 1.11 bits per heavy atom. The highest BCUT2D eigenvalue weighted by Crippen LogP contribution is 2.10. The Morgan fingerprint density at radius 3 is 2.37 bits per heavy atom. The summed E-state index contributed by atoms with van der Waals surface area (Å²) >= 11 is 0. The van der Waals surface area contributed by atoms with Gasteiger partial charge in [0.15, 0.2) is 5.78 Å². The Bertz CT molecular complexity index is 423. The van der Waals surface area contributed by atoms with E-state index < -0.39 is 0 Å². The first-order valence-corrected chi connectivity index (χ1v) is 7.24. The molecule has 0 unspecified atom stereocenters. The zero-order valence-electron chi connectivity index (χ0n) is 12.1. The first-order chi connectivity index (χ1) is 9.20. The summed E-state index contributed by atoms with van der Waals surface area (Å²) in [5, 5.41) is 0. The third-order valence-corrected chi connectivity index (χ3v) is 3.82. The fourth-order valence-corrected chi connectivity index (χ4v) is 2.66. The number of ketones is 1. The molecule has 3 nitrogen and oxygen atoms in total. The number of carbonyl (C=O) groups is 1. The van der Waals surface area contributed by atoms with E-state index in [1.54, 1.807) is 0 Å². The van der Waals surface area contributed by atoms with Crippen LogP contribution in [0.4, 0.5) is 0 Å². The lowest BCUT2D eigenvalue weighted by Gasteiger charge is -2.34. The molecule has 0 aromatic heterocycles. The molecule has 1 fully saturated rings. The lowest BCUT2D eigenvalue weighted by atomic mass is 10.0. The van der Waals surface area contributed by atoms with Crippen LogP contribution in [0.5, 0.6) is 0 Å². The number of piperazine rings is 1. The molecule has 104 valence electrons. The Kier molecular flexibility index (Phi) is 5.11. The highest BCUT2D eigenvalue weighted by molar-refractivity contribution is 5.98. The molecule has 0 spiro atoms. The van der Waals surface area contributed by atoms with Gasteiger partial charge in [-0.2, -0.15) is 0 Å². The van der Waals surface area contributed by atoms with Crippen LogP contribution in [-0.2, 0) is 0 Å². The number of carbonyl (C=O) groups excluding carboxylic acids is 1. The SMILES string of the molecule is CCCN1CCN(CC(=O)c2ccccc2C)CC1. The average molecular weight is 260 g/mol. The fourth-order valence-electron chi connectivity index (χ4n) is 2.66. The van der Waals surface area contributed by atoms with Crippen LogP contribution in [0.3, 0.4) is 0 Å². The molecular formula is C16H24N2O. The lowest BCUT2D eigenvalue weighted by Crippen LogP contribution is -2.48. The maximum absolute atomic E-state index is 12.3. The van der Waals surface area contributed by atoms with E-state index >= 15 is 0 Å². The van der Waals surface area contributed by atoms with Crippen molar-refractivity contribution < 1.29 is 4.79 Å². The van der Waals surface area contributed by atoms with Gasteiger partial charge in [0.25, 0.3) is 0 Å². The van der Waals surface area contributed by atoms with Crippen LogP contribution in [0.25, 0.3) is 0 Å². The van der Waals surface area contributed by atoms with E-state index in [4.69, 9.17) is 0 Å². The van der Waals surface area contributed by atoms with Gasteiger partial charge < -0.3 is 4.90 Å². The molecule has 1 aliphatic rings. The van der Waals surface area contributed by atoms with Crippen molar-refractivity contribution in [2.75, 3.05) is 39.3 Å². The molecule has 0 atom stereocenters. The van der Waals surface area contributed by atoms with Gasteiger partial charge in [-0.25, -0.2) is 0 Å². The molecule has 0 radical (unpaired) electrons. The van der Waals surface area contributed by atoms with Gasteiger partial charge >= 0.3 is 0 Å². The van der Waals surface area contributed by atoms with Crippen LogP contribution in [0.15, 0.2) is 24.3 Å². The van der Waals surface area contributed by atoms with E-state index in [2.05, 4.69) is 16.7 Å². The molecule has 2 rings (SSSR count). The van der Waals surface area contributed by atoms with Crippen molar-refractivity contribution >= 4 is 5.78 Å². The first kappa shape index (κ1) is 14.2. The topological polar surface area (TPSA) is 23.6 Å². The summed E-state index contributed by atoms with van der Waals surface area (Å²) < 4.78 is 0. The van der Waals surface area contributed by atoms with Crippen LogP contribution < -0.4 is 0 Å². The van der Waals surface area contributed by atoms with Crippen LogP contribution in [0.1, 0.15) is 29.3 Å². The lowest BCUT2D eigenvalue weighted by molar-refractivity contribution is 0.0852. The number of aryl methyl sites for hydroxylation is 1. The van der Waals surface area contributed by atoms with Crippen molar-refractivity contribution in [1.82, 2.24) is 9.80 Å². The molecule has 1 aromatic rings. The predicted octanol–water partition coefficient (Wildman–Crippen LogP) is 2.21. The molecule has 0 amide bonds. The van der Waals surface area contributed by atoms with Gasteiger partial charge in [-0.3, -0.25) is 9.69 Å². The molecule has 1 heterocycles. The number of hydrogen-bond acceptors (Lipinski definition) is 3. The standard InChI is InChI=1S/C16H24N2O/c1-3-8-17-9-11-18(12-10-17)13-16(19)15-7-5-4-6-14(15)2/h4-7H,3,8-13H2,1-2H3. The predicted molar refractivity (Wildman–Crippen MR) is 78.7 cm³/mol. The molecule has 0 saturated carbocycles. The first-order valence-electron chi connectivity index (χ1n) is 7.24. The number of hydrogen-bond donors (Lipinski definition) is 0. The van der Waals surface area contributed by atoms with Crippen molar-refractivity contribution in [3.63, 3.8) is 0 Å². The summed E-state index contributed by atoms with van der Waals surface area (Å²) in [6.07, 6.45) is 1.21. The van der Waals surface area contributed by atoms with Crippen molar-refractivity contribution in [2.45, 2.75) is 20.3 Å². The van der Waals surface area contributed by atoms with Crippen molar-refractivity contribution in [3.05, 3.63) is 35.4 Å². The van der Waals surface area contributed by atoms with Crippen molar-refractivity contribution in [1.29, 1.82) is 0 Å². The maximum Gasteiger partial charge on any atom is 0.177 e. The number of benzene rings is 1. The average Bonchev–Trinajstić information content (AvgIpc) is 2.42. The molecule has 19 heavy (non-hydrogen) atoms. The van der Waals surface area contributed by atoms with Crippen LogP contribution in [0, 0.1) is 6.92 Å². The second kappa shape index (κ2) is 6.83. The monoisotopic (exact) mass is 260 g/mol. The second-order valence-corrected chi connectivity index (χ2v) is 5.36. The Labute approximate surface area is 116 Å². The highest BCUT2D eigenvalue weighted by Gasteiger charge is 2.19. The zero-order valence-corrected chi connectivity index (χ0v) is 12.1. The van der Waals surface area contributed by atoms with Gasteiger partial charge in [0.2, 0.25) is 0 Å². The molecule has 3 heteroatoms. The van der Waals surface area contributed by atoms with Crippen LogP contribution in [0.2, 0.25) is 0 Å². The summed E-state index contributed by atoms with van der Waals surface area (Å²) in [5.74, 6) is 0.252. The number of nitrogens with zero attached hydrogens (tertiary/aromatic N) is 2. The third kappa shape index (κ3) is 3.88. The summed E-state index contributed by atoms with van der Waals surface area (Å²) in [6.45, 7) is 10.2. The molecular weight excluding hydrogens is 236 g/mol. The van der Waals surface area contributed by atoms with E-state index in [1.165, 1.54) is 13.0 Å². The van der Waals surface area contributed by atoms with Crippen LogP contribution >= 0.6 is 0 Å². The largest absolute Gasteiger partial charge is 0.301 e. The smallest absolute Gasteiger partial charge is 0.177 e. The normalized spacial score (nSPS) is 17.6. The van der Waals surface area contributed by atoms with Crippen molar-refractivity contribution in [2.24, 2.45) is 0 Å². The third-order valence-electron chi connectivity index (χ3n) is 3.82. The molecule has 0 N–H and O–H groups in total. The van der Waals surface area contributed by atoms with E-state index in [9.17, 15) is 4.79 Å². The van der Waals surface area contributed by atoms with Gasteiger partial charge in [0.1, 0.15) is 0 Å². The van der Waals surface area contributed by atoms with E-state index in [0.29, 0.717) is 6.54 Å². The quantitative estimate of drug-likeness (QED) is 0.758. The minimum Gasteiger partial charge on any atom is -0.301 e. The zero-order chi connectivity index (χ0) is 13.7. The summed E-state index contributed by atoms with van der Waals surface area (Å²) in [7, 11) is 0. The molecule has 0 aliphatic carbocycles. The van der Waals surface area contributed by atoms with Gasteiger partial charge in [-0.15, -0.1) is 0 Å². The Morgan fingerprint density at radius 2 is 1.74 bits per heavy atom. The molecule has 1 aromatic carbocycles. The maximum atomic E-state index is 12.3.